The number of ether oxygens (including phenoxy) is 2. The number of hydrogen-bond acceptors (Lipinski definition) is 4. The Hall–Kier alpha value is -2.24. The highest BCUT2D eigenvalue weighted by Crippen LogP contribution is 2.24. The molecule has 0 aliphatic carbocycles. The quantitative estimate of drug-likeness (QED) is 0.864. The molecule has 1 fully saturated rings. The van der Waals surface area contributed by atoms with E-state index >= 15 is 0 Å². The van der Waals surface area contributed by atoms with Gasteiger partial charge in [0.25, 0.3) is 0 Å². The van der Waals surface area contributed by atoms with E-state index in [1.54, 1.807) is 26.2 Å². The van der Waals surface area contributed by atoms with Crippen molar-refractivity contribution in [3.63, 3.8) is 0 Å². The molecule has 1 aliphatic heterocycles. The number of amides is 2. The number of carbonyl (C=O) groups excluding carboxylic acids is 2. The molecule has 6 heteroatoms. The summed E-state index contributed by atoms with van der Waals surface area (Å²) >= 11 is 0. The van der Waals surface area contributed by atoms with Gasteiger partial charge in [-0.2, -0.15) is 0 Å². The Labute approximate surface area is 143 Å². The van der Waals surface area contributed by atoms with E-state index in [1.807, 2.05) is 18.2 Å². The van der Waals surface area contributed by atoms with Gasteiger partial charge in [-0.15, -0.1) is 0 Å². The fraction of sp³-hybridized carbons (Fsp3) is 0.556. The van der Waals surface area contributed by atoms with Gasteiger partial charge in [-0.25, -0.2) is 0 Å². The van der Waals surface area contributed by atoms with Gasteiger partial charge in [0.05, 0.1) is 14.2 Å². The van der Waals surface area contributed by atoms with Gasteiger partial charge in [0.15, 0.2) is 0 Å². The Kier molecular flexibility index (Phi) is 6.46. The normalized spacial score (nSPS) is 18.0. The average molecular weight is 334 g/mol. The van der Waals surface area contributed by atoms with Crippen LogP contribution in [0.25, 0.3) is 0 Å². The average Bonchev–Trinajstić information content (AvgIpc) is 2.75. The Morgan fingerprint density at radius 3 is 2.79 bits per heavy atom. The summed E-state index contributed by atoms with van der Waals surface area (Å²) in [6.07, 6.45) is 2.99. The van der Waals surface area contributed by atoms with Gasteiger partial charge in [0.2, 0.25) is 11.8 Å². The molecule has 1 aliphatic rings. The molecule has 0 aromatic heterocycles. The van der Waals surface area contributed by atoms with Crippen LogP contribution in [-0.2, 0) is 16.1 Å². The largest absolute Gasteiger partial charge is 0.497 e. The van der Waals surface area contributed by atoms with E-state index in [0.717, 1.165) is 31.4 Å². The summed E-state index contributed by atoms with van der Waals surface area (Å²) in [5, 5.41) is 2.88. The number of nitrogens with one attached hydrogen (secondary N) is 1. The lowest BCUT2D eigenvalue weighted by Gasteiger charge is -2.19. The molecule has 6 nitrogen and oxygen atoms in total. The van der Waals surface area contributed by atoms with Crippen molar-refractivity contribution in [2.24, 2.45) is 5.92 Å². The van der Waals surface area contributed by atoms with Gasteiger partial charge in [-0.1, -0.05) is 6.42 Å². The maximum Gasteiger partial charge on any atom is 0.225 e. The Bertz CT molecular complexity index is 588. The fourth-order valence-electron chi connectivity index (χ4n) is 2.98. The monoisotopic (exact) mass is 334 g/mol. The van der Waals surface area contributed by atoms with Crippen LogP contribution in [0.5, 0.6) is 11.5 Å². The number of likely N-dealkylation sites (tertiary alicyclic amines) is 1. The second kappa shape index (κ2) is 8.57. The highest BCUT2D eigenvalue weighted by molar-refractivity contribution is 5.85. The molecule has 2 amide bonds. The molecule has 1 aromatic rings. The third-order valence-electron chi connectivity index (χ3n) is 4.42. The predicted molar refractivity (Wildman–Crippen MR) is 91.0 cm³/mol. The first-order valence-electron chi connectivity index (χ1n) is 8.27. The summed E-state index contributed by atoms with van der Waals surface area (Å²) in [4.78, 5) is 26.2. The van der Waals surface area contributed by atoms with Crippen LogP contribution in [-0.4, -0.2) is 44.5 Å². The maximum atomic E-state index is 12.2. The Morgan fingerprint density at radius 2 is 2.08 bits per heavy atom. The van der Waals surface area contributed by atoms with Crippen LogP contribution in [0, 0.1) is 5.92 Å². The zero-order valence-corrected chi connectivity index (χ0v) is 14.6. The fourth-order valence-corrected chi connectivity index (χ4v) is 2.98. The highest BCUT2D eigenvalue weighted by Gasteiger charge is 2.26. The third kappa shape index (κ3) is 4.63. The summed E-state index contributed by atoms with van der Waals surface area (Å²) in [6.45, 7) is 1.12. The number of nitrogens with zero attached hydrogens (tertiary/aromatic N) is 1. The molecule has 0 radical (unpaired) electrons. The number of carbonyl (C=O) groups is 2. The minimum absolute atomic E-state index is 0.0709. The topological polar surface area (TPSA) is 67.9 Å². The molecule has 2 rings (SSSR count). The molecular weight excluding hydrogens is 308 g/mol. The molecule has 0 saturated carbocycles. The van der Waals surface area contributed by atoms with Crippen LogP contribution in [0.4, 0.5) is 0 Å². The van der Waals surface area contributed by atoms with Crippen molar-refractivity contribution in [1.82, 2.24) is 10.2 Å². The van der Waals surface area contributed by atoms with E-state index in [4.69, 9.17) is 9.47 Å². The lowest BCUT2D eigenvalue weighted by atomic mass is 9.98. The van der Waals surface area contributed by atoms with Crippen molar-refractivity contribution >= 4 is 11.8 Å². The number of hydrogen-bond donors (Lipinski definition) is 1. The molecule has 24 heavy (non-hydrogen) atoms. The van der Waals surface area contributed by atoms with Crippen LogP contribution >= 0.6 is 0 Å². The van der Waals surface area contributed by atoms with E-state index < -0.39 is 0 Å². The van der Waals surface area contributed by atoms with Crippen LogP contribution in [0.15, 0.2) is 18.2 Å². The Balaban J connectivity index is 1.94. The second-order valence-corrected chi connectivity index (χ2v) is 6.11. The zero-order valence-electron chi connectivity index (χ0n) is 14.6. The molecule has 0 bridgehead atoms. The maximum absolute atomic E-state index is 12.2. The van der Waals surface area contributed by atoms with E-state index in [9.17, 15) is 9.59 Å². The molecule has 1 aromatic carbocycles. The minimum atomic E-state index is -0.218. The zero-order chi connectivity index (χ0) is 17.5. The van der Waals surface area contributed by atoms with Crippen molar-refractivity contribution in [3.8, 4) is 11.5 Å². The number of benzene rings is 1. The molecule has 1 heterocycles. The van der Waals surface area contributed by atoms with Crippen LogP contribution in [0.1, 0.15) is 31.2 Å². The first-order chi connectivity index (χ1) is 11.5. The van der Waals surface area contributed by atoms with Crippen molar-refractivity contribution in [2.45, 2.75) is 32.2 Å². The van der Waals surface area contributed by atoms with Gasteiger partial charge >= 0.3 is 0 Å². The minimum Gasteiger partial charge on any atom is -0.497 e. The van der Waals surface area contributed by atoms with Gasteiger partial charge in [0, 0.05) is 38.0 Å². The first kappa shape index (κ1) is 18.1. The number of rotatable bonds is 6. The molecule has 132 valence electrons. The van der Waals surface area contributed by atoms with Crippen molar-refractivity contribution < 1.29 is 19.1 Å². The summed E-state index contributed by atoms with van der Waals surface area (Å²) in [7, 11) is 4.99. The molecule has 1 unspecified atom stereocenters. The van der Waals surface area contributed by atoms with E-state index in [2.05, 4.69) is 5.32 Å². The lowest BCUT2D eigenvalue weighted by Crippen LogP contribution is -2.35. The van der Waals surface area contributed by atoms with Gasteiger partial charge < -0.3 is 19.7 Å². The van der Waals surface area contributed by atoms with Gasteiger partial charge in [-0.3, -0.25) is 9.59 Å². The highest BCUT2D eigenvalue weighted by atomic mass is 16.5. The molecule has 1 atom stereocenters. The summed E-state index contributed by atoms with van der Waals surface area (Å²) in [6, 6.07) is 5.46. The number of methoxy groups -OCH3 is 2. The first-order valence-corrected chi connectivity index (χ1v) is 8.27. The second-order valence-electron chi connectivity index (χ2n) is 6.11. The van der Waals surface area contributed by atoms with E-state index in [1.165, 1.54) is 0 Å². The lowest BCUT2D eigenvalue weighted by molar-refractivity contribution is -0.136. The Morgan fingerprint density at radius 1 is 1.29 bits per heavy atom. The SMILES string of the molecule is COc1ccc(OC)c(CNC(=O)CC2CCCCN(C)C2=O)c1. The smallest absolute Gasteiger partial charge is 0.225 e. The van der Waals surface area contributed by atoms with E-state index in [-0.39, 0.29) is 24.2 Å². The molecule has 1 N–H and O–H groups in total. The van der Waals surface area contributed by atoms with Gasteiger partial charge in [0.1, 0.15) is 11.5 Å². The molecular formula is C18H26N2O4. The van der Waals surface area contributed by atoms with Crippen molar-refractivity contribution in [3.05, 3.63) is 23.8 Å². The van der Waals surface area contributed by atoms with E-state index in [0.29, 0.717) is 18.0 Å². The van der Waals surface area contributed by atoms with Crippen LogP contribution < -0.4 is 14.8 Å². The van der Waals surface area contributed by atoms with Crippen molar-refractivity contribution in [1.29, 1.82) is 0 Å². The van der Waals surface area contributed by atoms with Crippen molar-refractivity contribution in [2.75, 3.05) is 27.8 Å². The molecule has 0 spiro atoms. The van der Waals surface area contributed by atoms with Crippen LogP contribution in [0.2, 0.25) is 0 Å². The standard InChI is InChI=1S/C18H26N2O4/c1-20-9-5-4-6-13(18(20)22)11-17(21)19-12-14-10-15(23-2)7-8-16(14)24-3/h7-8,10,13H,4-6,9,11-12H2,1-3H3,(H,19,21). The third-order valence-corrected chi connectivity index (χ3v) is 4.42. The summed E-state index contributed by atoms with van der Waals surface area (Å²) < 4.78 is 10.5. The summed E-state index contributed by atoms with van der Waals surface area (Å²) in [5.74, 6) is 1.14. The summed E-state index contributed by atoms with van der Waals surface area (Å²) in [5.41, 5.74) is 0.842. The van der Waals surface area contributed by atoms with Crippen LogP contribution in [0.3, 0.4) is 0 Å². The predicted octanol–water partition coefficient (Wildman–Crippen LogP) is 1.97. The molecule has 1 saturated heterocycles. The van der Waals surface area contributed by atoms with Gasteiger partial charge in [-0.05, 0) is 31.0 Å².